The van der Waals surface area contributed by atoms with Gasteiger partial charge in [0, 0.05) is 23.3 Å². The summed E-state index contributed by atoms with van der Waals surface area (Å²) in [7, 11) is 0. The van der Waals surface area contributed by atoms with Crippen molar-refractivity contribution < 1.29 is 4.79 Å². The number of fused-ring (bicyclic) bond motifs is 1. The summed E-state index contributed by atoms with van der Waals surface area (Å²) < 4.78 is 0. The summed E-state index contributed by atoms with van der Waals surface area (Å²) in [6, 6.07) is 17.6. The first-order chi connectivity index (χ1) is 11.1. The smallest absolute Gasteiger partial charge is 0.207 e. The van der Waals surface area contributed by atoms with Gasteiger partial charge < -0.3 is 16.0 Å². The van der Waals surface area contributed by atoms with E-state index in [1.807, 2.05) is 18.2 Å². The minimum absolute atomic E-state index is 0.0508. The van der Waals surface area contributed by atoms with Crippen LogP contribution in [0.4, 0.5) is 0 Å². The highest BCUT2D eigenvalue weighted by atomic mass is 16.1. The minimum atomic E-state index is 0.0508. The number of aromatic amines is 1. The molecule has 5 nitrogen and oxygen atoms in total. The molecular formula is C18H20N4O. The number of amidine groups is 1. The summed E-state index contributed by atoms with van der Waals surface area (Å²) in [5.74, 6) is 0.0508. The summed E-state index contributed by atoms with van der Waals surface area (Å²) >= 11 is 0. The molecule has 0 aliphatic heterocycles. The van der Waals surface area contributed by atoms with E-state index in [4.69, 9.17) is 11.1 Å². The van der Waals surface area contributed by atoms with Crippen molar-refractivity contribution in [3.63, 3.8) is 0 Å². The molecule has 0 atom stereocenters. The van der Waals surface area contributed by atoms with Gasteiger partial charge in [0.15, 0.2) is 0 Å². The number of amides is 1. The van der Waals surface area contributed by atoms with Crippen molar-refractivity contribution in [2.45, 2.75) is 13.5 Å². The van der Waals surface area contributed by atoms with E-state index >= 15 is 0 Å². The van der Waals surface area contributed by atoms with Crippen LogP contribution in [0, 0.1) is 12.3 Å². The number of carbonyl (C=O) groups is 1. The maximum absolute atomic E-state index is 9.99. The number of para-hydroxylation sites is 1. The Kier molecular flexibility index (Phi) is 5.52. The highest BCUT2D eigenvalue weighted by molar-refractivity contribution is 5.94. The van der Waals surface area contributed by atoms with Gasteiger partial charge in [0.1, 0.15) is 5.84 Å². The number of nitrogen functional groups attached to an aromatic ring is 1. The number of rotatable bonds is 4. The van der Waals surface area contributed by atoms with Crippen LogP contribution in [-0.4, -0.2) is 17.2 Å². The Labute approximate surface area is 135 Å². The number of hydrogen-bond acceptors (Lipinski definition) is 2. The predicted octanol–water partition coefficient (Wildman–Crippen LogP) is 2.69. The molecule has 0 saturated carbocycles. The number of nitrogens with one attached hydrogen (secondary N) is 3. The number of H-pyrrole nitrogens is 1. The standard InChI is InChI=1S/C9H11N3O.C9H9N/c10-9(11)8-3-1-7(2-4-8)5-12-6-13;1-7-6-8-4-2-3-5-9(8)10-7/h1-4,6H,5H2,(H3,10,11)(H,12,13);2-6,10H,1H3. The fraction of sp³-hybridized carbons (Fsp3) is 0.111. The van der Waals surface area contributed by atoms with Gasteiger partial charge in [-0.15, -0.1) is 0 Å². The third-order valence-electron chi connectivity index (χ3n) is 3.32. The van der Waals surface area contributed by atoms with Gasteiger partial charge in [-0.25, -0.2) is 0 Å². The molecule has 0 bridgehead atoms. The van der Waals surface area contributed by atoms with Crippen molar-refractivity contribution >= 4 is 23.1 Å². The Bertz CT molecular complexity index is 757. The molecule has 23 heavy (non-hydrogen) atoms. The van der Waals surface area contributed by atoms with E-state index in [9.17, 15) is 4.79 Å². The highest BCUT2D eigenvalue weighted by Crippen LogP contribution is 2.12. The van der Waals surface area contributed by atoms with Crippen molar-refractivity contribution in [1.82, 2.24) is 10.3 Å². The average molecular weight is 308 g/mol. The molecule has 118 valence electrons. The van der Waals surface area contributed by atoms with Gasteiger partial charge in [-0.3, -0.25) is 10.2 Å². The molecule has 1 aromatic heterocycles. The summed E-state index contributed by atoms with van der Waals surface area (Å²) in [5, 5.41) is 11.0. The van der Waals surface area contributed by atoms with Gasteiger partial charge >= 0.3 is 0 Å². The topological polar surface area (TPSA) is 94.8 Å². The van der Waals surface area contributed by atoms with Crippen LogP contribution >= 0.6 is 0 Å². The zero-order valence-electron chi connectivity index (χ0n) is 13.0. The first-order valence-electron chi connectivity index (χ1n) is 7.25. The summed E-state index contributed by atoms with van der Waals surface area (Å²) in [4.78, 5) is 13.2. The second-order valence-electron chi connectivity index (χ2n) is 5.15. The van der Waals surface area contributed by atoms with Crippen LogP contribution in [0.1, 0.15) is 16.8 Å². The molecule has 0 fully saturated rings. The predicted molar refractivity (Wildman–Crippen MR) is 93.4 cm³/mol. The number of nitrogens with two attached hydrogens (primary N) is 1. The van der Waals surface area contributed by atoms with E-state index < -0.39 is 0 Å². The lowest BCUT2D eigenvalue weighted by atomic mass is 10.1. The van der Waals surface area contributed by atoms with Crippen molar-refractivity contribution in [2.24, 2.45) is 5.73 Å². The van der Waals surface area contributed by atoms with E-state index in [0.717, 1.165) is 5.56 Å². The first kappa shape index (κ1) is 16.3. The van der Waals surface area contributed by atoms with E-state index in [2.05, 4.69) is 41.5 Å². The fourth-order valence-electron chi connectivity index (χ4n) is 2.18. The lowest BCUT2D eigenvalue weighted by Gasteiger charge is -2.01. The summed E-state index contributed by atoms with van der Waals surface area (Å²) in [5.41, 5.74) is 9.39. The molecule has 0 aliphatic carbocycles. The molecule has 3 aromatic rings. The van der Waals surface area contributed by atoms with E-state index in [1.165, 1.54) is 16.6 Å². The maximum Gasteiger partial charge on any atom is 0.207 e. The van der Waals surface area contributed by atoms with Gasteiger partial charge in [0.2, 0.25) is 6.41 Å². The molecule has 1 amide bonds. The first-order valence-corrected chi connectivity index (χ1v) is 7.25. The number of benzene rings is 2. The largest absolute Gasteiger partial charge is 0.384 e. The van der Waals surface area contributed by atoms with Gasteiger partial charge in [0.25, 0.3) is 0 Å². The molecule has 0 unspecified atom stereocenters. The van der Waals surface area contributed by atoms with Crippen LogP contribution in [0.3, 0.4) is 0 Å². The van der Waals surface area contributed by atoms with Crippen molar-refractivity contribution in [1.29, 1.82) is 5.41 Å². The van der Waals surface area contributed by atoms with E-state index in [1.54, 1.807) is 12.1 Å². The monoisotopic (exact) mass is 308 g/mol. The summed E-state index contributed by atoms with van der Waals surface area (Å²) in [6.45, 7) is 2.57. The number of aryl methyl sites for hydroxylation is 1. The van der Waals surface area contributed by atoms with Crippen LogP contribution in [0.25, 0.3) is 10.9 Å². The molecule has 3 rings (SSSR count). The average Bonchev–Trinajstić information content (AvgIpc) is 2.94. The lowest BCUT2D eigenvalue weighted by Crippen LogP contribution is -2.12. The Morgan fingerprint density at radius 1 is 1.22 bits per heavy atom. The fourth-order valence-corrected chi connectivity index (χ4v) is 2.18. The van der Waals surface area contributed by atoms with Crippen LogP contribution in [-0.2, 0) is 11.3 Å². The van der Waals surface area contributed by atoms with Gasteiger partial charge in [-0.1, -0.05) is 42.5 Å². The summed E-state index contributed by atoms with van der Waals surface area (Å²) in [6.07, 6.45) is 0.652. The zero-order chi connectivity index (χ0) is 16.7. The minimum Gasteiger partial charge on any atom is -0.384 e. The van der Waals surface area contributed by atoms with Crippen LogP contribution in [0.15, 0.2) is 54.6 Å². The van der Waals surface area contributed by atoms with Gasteiger partial charge in [-0.2, -0.15) is 0 Å². The quantitative estimate of drug-likeness (QED) is 0.339. The van der Waals surface area contributed by atoms with Crippen molar-refractivity contribution in [3.8, 4) is 0 Å². The van der Waals surface area contributed by atoms with E-state index in [0.29, 0.717) is 18.5 Å². The number of aromatic nitrogens is 1. The molecule has 0 aliphatic rings. The molecule has 2 aromatic carbocycles. The van der Waals surface area contributed by atoms with Crippen LogP contribution < -0.4 is 11.1 Å². The Morgan fingerprint density at radius 2 is 1.91 bits per heavy atom. The Hall–Kier alpha value is -3.08. The second-order valence-corrected chi connectivity index (χ2v) is 5.15. The van der Waals surface area contributed by atoms with E-state index in [-0.39, 0.29) is 5.84 Å². The molecule has 5 heteroatoms. The molecular weight excluding hydrogens is 288 g/mol. The maximum atomic E-state index is 9.99. The molecule has 0 saturated heterocycles. The van der Waals surface area contributed by atoms with Gasteiger partial charge in [-0.05, 0) is 30.0 Å². The normalized spacial score (nSPS) is 9.78. The van der Waals surface area contributed by atoms with Crippen molar-refractivity contribution in [3.05, 3.63) is 71.4 Å². The molecule has 0 radical (unpaired) electrons. The third kappa shape index (κ3) is 4.71. The lowest BCUT2D eigenvalue weighted by molar-refractivity contribution is -0.109. The highest BCUT2D eigenvalue weighted by Gasteiger charge is 1.95. The Balaban J connectivity index is 0.000000172. The molecule has 0 spiro atoms. The molecule has 1 heterocycles. The van der Waals surface area contributed by atoms with Crippen LogP contribution in [0.2, 0.25) is 0 Å². The SMILES string of the molecule is Cc1cc2ccccc2[nH]1.N=C(N)c1ccc(CNC=O)cc1. The molecule has 5 N–H and O–H groups in total. The van der Waals surface area contributed by atoms with Crippen molar-refractivity contribution in [2.75, 3.05) is 0 Å². The number of carbonyl (C=O) groups excluding carboxylic acids is 1. The van der Waals surface area contributed by atoms with Gasteiger partial charge in [0.05, 0.1) is 0 Å². The van der Waals surface area contributed by atoms with Crippen LogP contribution in [0.5, 0.6) is 0 Å². The number of hydrogen-bond donors (Lipinski definition) is 4. The second kappa shape index (κ2) is 7.79. The third-order valence-corrected chi connectivity index (χ3v) is 3.32. The zero-order valence-corrected chi connectivity index (χ0v) is 13.0. The Morgan fingerprint density at radius 3 is 2.52 bits per heavy atom.